The summed E-state index contributed by atoms with van der Waals surface area (Å²) in [4.78, 5) is 8.27. The first kappa shape index (κ1) is 14.1. The number of rotatable bonds is 2. The van der Waals surface area contributed by atoms with Crippen LogP contribution in [0.1, 0.15) is 12.8 Å². The number of piperidine rings is 1. The minimum absolute atomic E-state index is 0.107. The lowest BCUT2D eigenvalue weighted by Gasteiger charge is -2.47. The molecule has 2 aliphatic rings. The number of halogens is 3. The highest BCUT2D eigenvalue weighted by Crippen LogP contribution is 2.32. The summed E-state index contributed by atoms with van der Waals surface area (Å²) < 4.78 is 27.7. The van der Waals surface area contributed by atoms with Crippen molar-refractivity contribution in [2.45, 2.75) is 24.8 Å². The zero-order valence-electron chi connectivity index (χ0n) is 11.9. The Hall–Kier alpha value is -1.47. The number of alkyl halides is 2. The third-order valence-corrected chi connectivity index (χ3v) is 4.60. The first-order chi connectivity index (χ1) is 10.5. The van der Waals surface area contributed by atoms with Crippen molar-refractivity contribution in [3.05, 3.63) is 23.6 Å². The summed E-state index contributed by atoms with van der Waals surface area (Å²) in [6.07, 6.45) is 3.81. The topological polar surface area (TPSA) is 36.7 Å². The van der Waals surface area contributed by atoms with E-state index < -0.39 is 5.92 Å². The Balaban J connectivity index is 1.51. The lowest BCUT2D eigenvalue weighted by atomic mass is 9.98. The molecule has 0 radical (unpaired) electrons. The van der Waals surface area contributed by atoms with Crippen LogP contribution in [0.4, 0.5) is 14.5 Å². The van der Waals surface area contributed by atoms with E-state index in [1.807, 2.05) is 23.2 Å². The molecule has 118 valence electrons. The van der Waals surface area contributed by atoms with Gasteiger partial charge in [-0.05, 0) is 30.5 Å². The summed E-state index contributed by atoms with van der Waals surface area (Å²) >= 11 is 5.80. The summed E-state index contributed by atoms with van der Waals surface area (Å²) in [6.45, 7) is 1.49. The predicted octanol–water partition coefficient (Wildman–Crippen LogP) is 2.30. The fourth-order valence-electron chi connectivity index (χ4n) is 3.33. The number of pyridine rings is 1. The lowest BCUT2D eigenvalue weighted by molar-refractivity contribution is -0.146. The molecule has 0 aromatic carbocycles. The molecule has 22 heavy (non-hydrogen) atoms. The minimum atomic E-state index is -2.50. The normalized spacial score (nSPS) is 25.4. The molecule has 0 spiro atoms. The molecular formula is C14H16ClF2N5. The quantitative estimate of drug-likeness (QED) is 0.848. The van der Waals surface area contributed by atoms with Gasteiger partial charge in [-0.2, -0.15) is 4.98 Å². The smallest absolute Gasteiger partial charge is 0.272 e. The van der Waals surface area contributed by atoms with Gasteiger partial charge >= 0.3 is 0 Å². The van der Waals surface area contributed by atoms with Crippen LogP contribution in [-0.4, -0.2) is 57.6 Å². The van der Waals surface area contributed by atoms with Crippen molar-refractivity contribution >= 4 is 22.9 Å². The molecule has 0 saturated carbocycles. The van der Waals surface area contributed by atoms with E-state index in [1.165, 1.54) is 0 Å². The maximum absolute atomic E-state index is 13.1. The van der Waals surface area contributed by atoms with Crippen molar-refractivity contribution in [2.24, 2.45) is 0 Å². The molecule has 2 fully saturated rings. The van der Waals surface area contributed by atoms with Gasteiger partial charge in [0.25, 0.3) is 5.92 Å². The number of anilines is 1. The second kappa shape index (κ2) is 5.03. The molecule has 4 rings (SSSR count). The van der Waals surface area contributed by atoms with Crippen LogP contribution in [0, 0.1) is 0 Å². The van der Waals surface area contributed by atoms with E-state index in [9.17, 15) is 8.78 Å². The molecule has 2 aromatic heterocycles. The van der Waals surface area contributed by atoms with Crippen LogP contribution in [-0.2, 0) is 0 Å². The summed E-state index contributed by atoms with van der Waals surface area (Å²) in [5.74, 6) is -2.50. The Kier molecular flexibility index (Phi) is 3.23. The number of fused-ring (bicyclic) bond motifs is 1. The maximum atomic E-state index is 13.1. The van der Waals surface area contributed by atoms with Gasteiger partial charge in [-0.25, -0.2) is 13.3 Å². The average Bonchev–Trinajstić information content (AvgIpc) is 2.84. The summed E-state index contributed by atoms with van der Waals surface area (Å²) in [6, 6.07) is 4.10. The Morgan fingerprint density at radius 2 is 2.14 bits per heavy atom. The average molecular weight is 328 g/mol. The van der Waals surface area contributed by atoms with Gasteiger partial charge in [0.05, 0.1) is 13.1 Å². The second-order valence-corrected chi connectivity index (χ2v) is 6.41. The van der Waals surface area contributed by atoms with E-state index in [4.69, 9.17) is 11.6 Å². The van der Waals surface area contributed by atoms with E-state index >= 15 is 0 Å². The molecule has 0 bridgehead atoms. The maximum Gasteiger partial charge on any atom is 0.272 e. The summed E-state index contributed by atoms with van der Waals surface area (Å²) in [7, 11) is 0. The highest BCUT2D eigenvalue weighted by molar-refractivity contribution is 6.28. The number of hydrogen-bond donors (Lipinski definition) is 0. The van der Waals surface area contributed by atoms with Gasteiger partial charge < -0.3 is 4.90 Å². The zero-order chi connectivity index (χ0) is 15.3. The molecule has 8 heteroatoms. The van der Waals surface area contributed by atoms with E-state index in [1.54, 1.807) is 4.52 Å². The summed E-state index contributed by atoms with van der Waals surface area (Å²) in [5.41, 5.74) is 1.73. The van der Waals surface area contributed by atoms with Gasteiger partial charge in [0.15, 0.2) is 5.65 Å². The van der Waals surface area contributed by atoms with E-state index in [-0.39, 0.29) is 24.4 Å². The largest absolute Gasteiger partial charge is 0.370 e. The monoisotopic (exact) mass is 327 g/mol. The molecule has 1 atom stereocenters. The third-order valence-electron chi connectivity index (χ3n) is 4.44. The molecule has 0 amide bonds. The van der Waals surface area contributed by atoms with Crippen LogP contribution in [0.3, 0.4) is 0 Å². The molecule has 2 saturated heterocycles. The molecule has 2 aliphatic heterocycles. The molecule has 1 unspecified atom stereocenters. The van der Waals surface area contributed by atoms with Gasteiger partial charge in [0.1, 0.15) is 0 Å². The Labute approximate surface area is 131 Å². The van der Waals surface area contributed by atoms with Crippen LogP contribution in [0.2, 0.25) is 5.28 Å². The summed E-state index contributed by atoms with van der Waals surface area (Å²) in [5, 5.41) is 4.26. The van der Waals surface area contributed by atoms with Crippen molar-refractivity contribution in [3.63, 3.8) is 0 Å². The third kappa shape index (κ3) is 2.52. The fourth-order valence-corrected chi connectivity index (χ4v) is 3.50. The number of aromatic nitrogens is 3. The van der Waals surface area contributed by atoms with Crippen molar-refractivity contribution in [1.29, 1.82) is 0 Å². The van der Waals surface area contributed by atoms with Gasteiger partial charge in [-0.3, -0.25) is 4.90 Å². The molecule has 0 aliphatic carbocycles. The first-order valence-corrected chi connectivity index (χ1v) is 7.77. The van der Waals surface area contributed by atoms with Crippen molar-refractivity contribution in [2.75, 3.05) is 31.1 Å². The molecule has 2 aromatic rings. The zero-order valence-corrected chi connectivity index (χ0v) is 12.7. The SMILES string of the molecule is FC1(F)CN(C2CCCN(c3ccn4nc(Cl)nc4c3)C2)C1. The van der Waals surface area contributed by atoms with Gasteiger partial charge in [-0.1, -0.05) is 0 Å². The fraction of sp³-hybridized carbons (Fsp3) is 0.571. The van der Waals surface area contributed by atoms with Crippen molar-refractivity contribution in [3.8, 4) is 0 Å². The molecule has 4 heterocycles. The Morgan fingerprint density at radius 3 is 2.91 bits per heavy atom. The standard InChI is InChI=1S/C14H16ClF2N5/c15-13-18-12-6-10(3-5-22(12)19-13)20-4-1-2-11(7-20)21-8-14(16,17)9-21/h3,5-6,11H,1-2,4,7-9H2. The Morgan fingerprint density at radius 1 is 1.32 bits per heavy atom. The second-order valence-electron chi connectivity index (χ2n) is 6.07. The van der Waals surface area contributed by atoms with E-state index in [0.717, 1.165) is 31.6 Å². The van der Waals surface area contributed by atoms with Crippen LogP contribution >= 0.6 is 11.6 Å². The minimum Gasteiger partial charge on any atom is -0.370 e. The van der Waals surface area contributed by atoms with Crippen LogP contribution < -0.4 is 4.90 Å². The van der Waals surface area contributed by atoms with Gasteiger partial charge in [0, 0.05) is 37.1 Å². The highest BCUT2D eigenvalue weighted by atomic mass is 35.5. The molecule has 0 N–H and O–H groups in total. The number of likely N-dealkylation sites (tertiary alicyclic amines) is 1. The number of nitrogens with zero attached hydrogens (tertiary/aromatic N) is 5. The molecule has 5 nitrogen and oxygen atoms in total. The Bertz CT molecular complexity index is 696. The predicted molar refractivity (Wildman–Crippen MR) is 79.8 cm³/mol. The van der Waals surface area contributed by atoms with Crippen LogP contribution in [0.25, 0.3) is 5.65 Å². The first-order valence-electron chi connectivity index (χ1n) is 7.39. The van der Waals surface area contributed by atoms with Crippen molar-refractivity contribution in [1.82, 2.24) is 19.5 Å². The van der Waals surface area contributed by atoms with Crippen LogP contribution in [0.5, 0.6) is 0 Å². The van der Waals surface area contributed by atoms with E-state index in [2.05, 4.69) is 15.0 Å². The van der Waals surface area contributed by atoms with Gasteiger partial charge in [0.2, 0.25) is 5.28 Å². The van der Waals surface area contributed by atoms with Crippen molar-refractivity contribution < 1.29 is 8.78 Å². The van der Waals surface area contributed by atoms with Gasteiger partial charge in [-0.15, -0.1) is 5.10 Å². The lowest BCUT2D eigenvalue weighted by Crippen LogP contribution is -2.63. The van der Waals surface area contributed by atoms with Crippen LogP contribution in [0.15, 0.2) is 18.3 Å². The number of hydrogen-bond acceptors (Lipinski definition) is 4. The highest BCUT2D eigenvalue weighted by Gasteiger charge is 2.47. The molecular weight excluding hydrogens is 312 g/mol. The van der Waals surface area contributed by atoms with E-state index in [0.29, 0.717) is 5.65 Å².